The van der Waals surface area contributed by atoms with Gasteiger partial charge in [-0.25, -0.2) is 0 Å². The Morgan fingerprint density at radius 1 is 1.50 bits per heavy atom. The molecule has 80 valence electrons. The van der Waals surface area contributed by atoms with Gasteiger partial charge in [0.05, 0.1) is 5.41 Å². The van der Waals surface area contributed by atoms with Crippen LogP contribution in [0.2, 0.25) is 0 Å². The highest BCUT2D eigenvalue weighted by molar-refractivity contribution is 5.83. The Morgan fingerprint density at radius 2 is 2.14 bits per heavy atom. The Kier molecular flexibility index (Phi) is 2.52. The van der Waals surface area contributed by atoms with Gasteiger partial charge in [-0.2, -0.15) is 0 Å². The van der Waals surface area contributed by atoms with Gasteiger partial charge in [-0.05, 0) is 31.6 Å². The van der Waals surface area contributed by atoms with Crippen molar-refractivity contribution < 1.29 is 4.79 Å². The first-order valence-electron chi connectivity index (χ1n) is 5.63. The molecule has 2 N–H and O–H groups in total. The van der Waals surface area contributed by atoms with E-state index in [2.05, 4.69) is 0 Å². The highest BCUT2D eigenvalue weighted by Crippen LogP contribution is 2.42. The van der Waals surface area contributed by atoms with Crippen LogP contribution in [-0.2, 0) is 4.79 Å². The second-order valence-corrected chi connectivity index (χ2v) is 4.97. The van der Waals surface area contributed by atoms with E-state index in [-0.39, 0.29) is 11.3 Å². The van der Waals surface area contributed by atoms with E-state index in [0.29, 0.717) is 6.54 Å². The van der Waals surface area contributed by atoms with Gasteiger partial charge >= 0.3 is 0 Å². The van der Waals surface area contributed by atoms with Crippen LogP contribution in [0.15, 0.2) is 0 Å². The third-order valence-electron chi connectivity index (χ3n) is 3.73. The molecular weight excluding hydrogens is 176 g/mol. The molecule has 2 saturated carbocycles. The van der Waals surface area contributed by atoms with Gasteiger partial charge in [-0.3, -0.25) is 4.79 Å². The summed E-state index contributed by atoms with van der Waals surface area (Å²) in [4.78, 5) is 14.0. The monoisotopic (exact) mass is 196 g/mol. The molecule has 0 spiro atoms. The molecule has 0 aromatic carbocycles. The summed E-state index contributed by atoms with van der Waals surface area (Å²) in [7, 11) is 1.93. The van der Waals surface area contributed by atoms with Crippen LogP contribution in [0.25, 0.3) is 0 Å². The van der Waals surface area contributed by atoms with Crippen LogP contribution >= 0.6 is 0 Å². The molecule has 2 fully saturated rings. The van der Waals surface area contributed by atoms with Crippen LogP contribution in [0.3, 0.4) is 0 Å². The third kappa shape index (κ3) is 1.65. The standard InChI is InChI=1S/C11H20N2O/c1-13(7-9-3-4-9)10(14)11(8-12)5-2-6-11/h9H,2-8,12H2,1H3. The Morgan fingerprint density at radius 3 is 2.50 bits per heavy atom. The summed E-state index contributed by atoms with van der Waals surface area (Å²) in [5, 5.41) is 0. The molecule has 2 aliphatic carbocycles. The van der Waals surface area contributed by atoms with Crippen LogP contribution in [0.4, 0.5) is 0 Å². The zero-order valence-electron chi connectivity index (χ0n) is 8.96. The fraction of sp³-hybridized carbons (Fsp3) is 0.909. The zero-order chi connectivity index (χ0) is 10.2. The highest BCUT2D eigenvalue weighted by atomic mass is 16.2. The lowest BCUT2D eigenvalue weighted by Gasteiger charge is -2.41. The highest BCUT2D eigenvalue weighted by Gasteiger charge is 2.44. The number of rotatable bonds is 4. The van der Waals surface area contributed by atoms with E-state index >= 15 is 0 Å². The van der Waals surface area contributed by atoms with Crippen LogP contribution < -0.4 is 5.73 Å². The van der Waals surface area contributed by atoms with E-state index in [9.17, 15) is 4.79 Å². The van der Waals surface area contributed by atoms with Gasteiger partial charge in [0.15, 0.2) is 0 Å². The predicted octanol–water partition coefficient (Wildman–Crippen LogP) is 0.984. The van der Waals surface area contributed by atoms with Crippen molar-refractivity contribution in [2.75, 3.05) is 20.1 Å². The van der Waals surface area contributed by atoms with Gasteiger partial charge in [0.25, 0.3) is 0 Å². The summed E-state index contributed by atoms with van der Waals surface area (Å²) in [6, 6.07) is 0. The topological polar surface area (TPSA) is 46.3 Å². The Labute approximate surface area is 85.6 Å². The van der Waals surface area contributed by atoms with Crippen molar-refractivity contribution in [1.82, 2.24) is 4.90 Å². The van der Waals surface area contributed by atoms with Crippen LogP contribution in [0, 0.1) is 11.3 Å². The van der Waals surface area contributed by atoms with Gasteiger partial charge in [0, 0.05) is 20.1 Å². The molecule has 0 unspecified atom stereocenters. The van der Waals surface area contributed by atoms with Crippen molar-refractivity contribution in [2.24, 2.45) is 17.1 Å². The molecule has 14 heavy (non-hydrogen) atoms. The van der Waals surface area contributed by atoms with E-state index in [0.717, 1.165) is 25.3 Å². The summed E-state index contributed by atoms with van der Waals surface area (Å²) in [6.45, 7) is 1.47. The number of carbonyl (C=O) groups excluding carboxylic acids is 1. The molecule has 0 bridgehead atoms. The number of hydrogen-bond donors (Lipinski definition) is 1. The molecule has 3 heteroatoms. The maximum Gasteiger partial charge on any atom is 0.229 e. The van der Waals surface area contributed by atoms with E-state index in [4.69, 9.17) is 5.73 Å². The molecule has 0 radical (unpaired) electrons. The Hall–Kier alpha value is -0.570. The van der Waals surface area contributed by atoms with Crippen molar-refractivity contribution in [1.29, 1.82) is 0 Å². The lowest BCUT2D eigenvalue weighted by molar-refractivity contribution is -0.145. The van der Waals surface area contributed by atoms with Gasteiger partial charge < -0.3 is 10.6 Å². The van der Waals surface area contributed by atoms with E-state index in [1.807, 2.05) is 11.9 Å². The second kappa shape index (κ2) is 3.54. The Balaban J connectivity index is 1.91. The fourth-order valence-corrected chi connectivity index (χ4v) is 2.28. The normalized spacial score (nSPS) is 24.1. The first-order valence-corrected chi connectivity index (χ1v) is 5.63. The number of hydrogen-bond acceptors (Lipinski definition) is 2. The molecule has 1 amide bonds. The van der Waals surface area contributed by atoms with Crippen molar-refractivity contribution >= 4 is 5.91 Å². The lowest BCUT2D eigenvalue weighted by atomic mass is 9.68. The molecule has 2 rings (SSSR count). The van der Waals surface area contributed by atoms with Crippen LogP contribution in [0.1, 0.15) is 32.1 Å². The maximum atomic E-state index is 12.1. The second-order valence-electron chi connectivity index (χ2n) is 4.97. The predicted molar refractivity (Wildman–Crippen MR) is 55.7 cm³/mol. The quantitative estimate of drug-likeness (QED) is 0.728. The van der Waals surface area contributed by atoms with Gasteiger partial charge in [0.1, 0.15) is 0 Å². The number of nitrogens with zero attached hydrogens (tertiary/aromatic N) is 1. The molecule has 0 saturated heterocycles. The molecule has 0 aromatic heterocycles. The van der Waals surface area contributed by atoms with E-state index in [1.54, 1.807) is 0 Å². The minimum absolute atomic E-state index is 0.177. The van der Waals surface area contributed by atoms with Crippen molar-refractivity contribution in [3.05, 3.63) is 0 Å². The van der Waals surface area contributed by atoms with Gasteiger partial charge in [0.2, 0.25) is 5.91 Å². The van der Waals surface area contributed by atoms with Crippen molar-refractivity contribution in [3.63, 3.8) is 0 Å². The zero-order valence-corrected chi connectivity index (χ0v) is 8.96. The average Bonchev–Trinajstić information content (AvgIpc) is 2.87. The lowest BCUT2D eigenvalue weighted by Crippen LogP contribution is -2.51. The molecular formula is C11H20N2O. The summed E-state index contributed by atoms with van der Waals surface area (Å²) in [5.41, 5.74) is 5.53. The number of carbonyl (C=O) groups is 1. The Bertz CT molecular complexity index is 226. The number of amides is 1. The maximum absolute atomic E-state index is 12.1. The molecule has 0 heterocycles. The molecule has 0 aromatic rings. The minimum Gasteiger partial charge on any atom is -0.345 e. The largest absolute Gasteiger partial charge is 0.345 e. The van der Waals surface area contributed by atoms with Gasteiger partial charge in [-0.15, -0.1) is 0 Å². The third-order valence-corrected chi connectivity index (χ3v) is 3.73. The van der Waals surface area contributed by atoms with Crippen LogP contribution in [0.5, 0.6) is 0 Å². The molecule has 2 aliphatic rings. The summed E-state index contributed by atoms with van der Waals surface area (Å²) < 4.78 is 0. The van der Waals surface area contributed by atoms with E-state index in [1.165, 1.54) is 19.3 Å². The molecule has 0 aliphatic heterocycles. The summed E-state index contributed by atoms with van der Waals surface area (Å²) >= 11 is 0. The average molecular weight is 196 g/mol. The summed E-state index contributed by atoms with van der Waals surface area (Å²) in [5.74, 6) is 1.07. The minimum atomic E-state index is -0.177. The van der Waals surface area contributed by atoms with Crippen molar-refractivity contribution in [2.45, 2.75) is 32.1 Å². The van der Waals surface area contributed by atoms with E-state index < -0.39 is 0 Å². The molecule has 3 nitrogen and oxygen atoms in total. The summed E-state index contributed by atoms with van der Waals surface area (Å²) in [6.07, 6.45) is 5.76. The van der Waals surface area contributed by atoms with Crippen molar-refractivity contribution in [3.8, 4) is 0 Å². The first-order chi connectivity index (χ1) is 6.68. The van der Waals surface area contributed by atoms with Gasteiger partial charge in [-0.1, -0.05) is 6.42 Å². The smallest absolute Gasteiger partial charge is 0.229 e. The first kappa shape index (κ1) is 9.97. The van der Waals surface area contributed by atoms with Crippen LogP contribution in [-0.4, -0.2) is 30.9 Å². The SMILES string of the molecule is CN(CC1CC1)C(=O)C1(CN)CCC1. The number of nitrogens with two attached hydrogens (primary N) is 1. The molecule has 0 atom stereocenters. The fourth-order valence-electron chi connectivity index (χ4n) is 2.28.